The van der Waals surface area contributed by atoms with Crippen LogP contribution in [0.4, 0.5) is 5.69 Å². The average Bonchev–Trinajstić information content (AvgIpc) is 2.98. The van der Waals surface area contributed by atoms with E-state index >= 15 is 0 Å². The molecule has 7 nitrogen and oxygen atoms in total. The molecule has 4 rings (SSSR count). The van der Waals surface area contributed by atoms with E-state index in [0.717, 1.165) is 15.4 Å². The molecule has 0 saturated carbocycles. The number of para-hydroxylation sites is 1. The largest absolute Gasteiger partial charge is 0.357 e. The number of rotatable bonds is 11. The molecule has 1 atom stereocenters. The lowest BCUT2D eigenvalue weighted by molar-refractivity contribution is -0.139. The Hall–Kier alpha value is -4.14. The maximum Gasteiger partial charge on any atom is 0.264 e. The van der Waals surface area contributed by atoms with Crippen LogP contribution in [0.1, 0.15) is 16.7 Å². The average molecular weight is 590 g/mol. The molecular formula is C32H32ClN3O4S. The second-order valence-corrected chi connectivity index (χ2v) is 11.9. The molecule has 4 aromatic rings. The van der Waals surface area contributed by atoms with Gasteiger partial charge in [-0.05, 0) is 54.4 Å². The predicted octanol–water partition coefficient (Wildman–Crippen LogP) is 5.23. The number of sulfonamides is 1. The fourth-order valence-electron chi connectivity index (χ4n) is 4.51. The number of carbonyl (C=O) groups is 2. The zero-order valence-corrected chi connectivity index (χ0v) is 24.5. The van der Waals surface area contributed by atoms with Crippen LogP contribution in [-0.2, 0) is 32.6 Å². The van der Waals surface area contributed by atoms with Crippen LogP contribution in [0, 0.1) is 6.92 Å². The van der Waals surface area contributed by atoms with Crippen molar-refractivity contribution in [2.24, 2.45) is 0 Å². The van der Waals surface area contributed by atoms with Crippen molar-refractivity contribution in [3.63, 3.8) is 0 Å². The third-order valence-electron chi connectivity index (χ3n) is 6.69. The molecule has 1 N–H and O–H groups in total. The first kappa shape index (κ1) is 29.8. The maximum absolute atomic E-state index is 14.2. The van der Waals surface area contributed by atoms with Gasteiger partial charge in [0.15, 0.2) is 0 Å². The van der Waals surface area contributed by atoms with Crippen LogP contribution < -0.4 is 9.62 Å². The van der Waals surface area contributed by atoms with Crippen LogP contribution in [-0.4, -0.2) is 44.8 Å². The van der Waals surface area contributed by atoms with Crippen LogP contribution in [0.15, 0.2) is 114 Å². The molecule has 41 heavy (non-hydrogen) atoms. The van der Waals surface area contributed by atoms with E-state index < -0.39 is 28.5 Å². The Labute approximate surface area is 246 Å². The zero-order valence-electron chi connectivity index (χ0n) is 22.9. The summed E-state index contributed by atoms with van der Waals surface area (Å²) in [6.45, 7) is 1.41. The summed E-state index contributed by atoms with van der Waals surface area (Å²) in [5.74, 6) is -0.897. The van der Waals surface area contributed by atoms with Crippen molar-refractivity contribution in [2.75, 3.05) is 17.9 Å². The summed E-state index contributed by atoms with van der Waals surface area (Å²) in [6, 6.07) is 30.5. The number of aryl methyl sites for hydroxylation is 1. The standard InChI is InChI=1S/C32H32ClN3O4S/c1-24-16-18-29(19-17-24)41(39,40)36(28-14-7-4-8-15-28)23-31(37)35(22-26-12-9-13-27(33)20-26)30(32(38)34-2)21-25-10-5-3-6-11-25/h3-20,30H,21-23H2,1-2H3,(H,34,38)/t30-/m0/s1. The number of anilines is 1. The first-order valence-electron chi connectivity index (χ1n) is 13.1. The van der Waals surface area contributed by atoms with Crippen molar-refractivity contribution >= 4 is 39.1 Å². The van der Waals surface area contributed by atoms with Gasteiger partial charge in [-0.3, -0.25) is 13.9 Å². The van der Waals surface area contributed by atoms with Crippen LogP contribution in [0.3, 0.4) is 0 Å². The summed E-state index contributed by atoms with van der Waals surface area (Å²) in [4.78, 5) is 29.0. The lowest BCUT2D eigenvalue weighted by Gasteiger charge is -2.33. The minimum Gasteiger partial charge on any atom is -0.357 e. The highest BCUT2D eigenvalue weighted by Crippen LogP contribution is 2.25. The van der Waals surface area contributed by atoms with Crippen LogP contribution in [0.2, 0.25) is 5.02 Å². The second kappa shape index (κ2) is 13.5. The summed E-state index contributed by atoms with van der Waals surface area (Å²) >= 11 is 6.24. The summed E-state index contributed by atoms with van der Waals surface area (Å²) in [5.41, 5.74) is 2.81. The third kappa shape index (κ3) is 7.54. The van der Waals surface area contributed by atoms with Crippen molar-refractivity contribution in [1.82, 2.24) is 10.2 Å². The van der Waals surface area contributed by atoms with Gasteiger partial charge in [0.2, 0.25) is 11.8 Å². The number of hydrogen-bond donors (Lipinski definition) is 1. The van der Waals surface area contributed by atoms with Crippen molar-refractivity contribution in [2.45, 2.75) is 30.8 Å². The normalized spacial score (nSPS) is 11.9. The molecule has 0 aromatic heterocycles. The molecule has 0 aliphatic heterocycles. The lowest BCUT2D eigenvalue weighted by atomic mass is 10.0. The molecule has 0 fully saturated rings. The topological polar surface area (TPSA) is 86.8 Å². The van der Waals surface area contributed by atoms with Gasteiger partial charge >= 0.3 is 0 Å². The molecule has 0 unspecified atom stereocenters. The minimum absolute atomic E-state index is 0.0531. The first-order valence-corrected chi connectivity index (χ1v) is 14.9. The number of nitrogens with one attached hydrogen (secondary N) is 1. The van der Waals surface area contributed by atoms with E-state index in [9.17, 15) is 18.0 Å². The monoisotopic (exact) mass is 589 g/mol. The molecular weight excluding hydrogens is 558 g/mol. The number of halogens is 1. The Morgan fingerprint density at radius 3 is 2.05 bits per heavy atom. The van der Waals surface area contributed by atoms with Gasteiger partial charge in [-0.2, -0.15) is 0 Å². The fourth-order valence-corrected chi connectivity index (χ4v) is 6.14. The number of carbonyl (C=O) groups excluding carboxylic acids is 2. The highest BCUT2D eigenvalue weighted by molar-refractivity contribution is 7.92. The van der Waals surface area contributed by atoms with E-state index in [2.05, 4.69) is 5.32 Å². The molecule has 0 spiro atoms. The molecule has 2 amide bonds. The van der Waals surface area contributed by atoms with Gasteiger partial charge in [-0.15, -0.1) is 0 Å². The van der Waals surface area contributed by atoms with Gasteiger partial charge in [0.05, 0.1) is 10.6 Å². The van der Waals surface area contributed by atoms with Crippen molar-refractivity contribution in [1.29, 1.82) is 0 Å². The Kier molecular flexibility index (Phi) is 9.81. The van der Waals surface area contributed by atoms with E-state index in [1.54, 1.807) is 60.7 Å². The smallest absolute Gasteiger partial charge is 0.264 e. The minimum atomic E-state index is -4.13. The lowest BCUT2D eigenvalue weighted by Crippen LogP contribution is -2.53. The Morgan fingerprint density at radius 2 is 1.44 bits per heavy atom. The second-order valence-electron chi connectivity index (χ2n) is 9.63. The predicted molar refractivity (Wildman–Crippen MR) is 162 cm³/mol. The van der Waals surface area contributed by atoms with Crippen LogP contribution >= 0.6 is 11.6 Å². The van der Waals surface area contributed by atoms with Gasteiger partial charge in [0.25, 0.3) is 10.0 Å². The van der Waals surface area contributed by atoms with Crippen LogP contribution in [0.25, 0.3) is 0 Å². The highest BCUT2D eigenvalue weighted by atomic mass is 35.5. The van der Waals surface area contributed by atoms with Crippen LogP contribution in [0.5, 0.6) is 0 Å². The molecule has 0 aliphatic rings. The number of nitrogens with zero attached hydrogens (tertiary/aromatic N) is 2. The van der Waals surface area contributed by atoms with Crippen molar-refractivity contribution < 1.29 is 18.0 Å². The van der Waals surface area contributed by atoms with E-state index in [1.165, 1.54) is 24.1 Å². The quantitative estimate of drug-likeness (QED) is 0.260. The van der Waals surface area contributed by atoms with Gasteiger partial charge in [-0.1, -0.05) is 90.0 Å². The first-order chi connectivity index (χ1) is 19.7. The molecule has 9 heteroatoms. The zero-order chi connectivity index (χ0) is 29.4. The number of amides is 2. The molecule has 212 valence electrons. The van der Waals surface area contributed by atoms with Gasteiger partial charge in [-0.25, -0.2) is 8.42 Å². The van der Waals surface area contributed by atoms with E-state index in [4.69, 9.17) is 11.6 Å². The molecule has 0 saturated heterocycles. The summed E-state index contributed by atoms with van der Waals surface area (Å²) in [6.07, 6.45) is 0.239. The molecule has 0 bridgehead atoms. The van der Waals surface area contributed by atoms with E-state index in [1.807, 2.05) is 43.3 Å². The molecule has 0 heterocycles. The number of hydrogen-bond acceptors (Lipinski definition) is 4. The SMILES string of the molecule is CNC(=O)[C@H](Cc1ccccc1)N(Cc1cccc(Cl)c1)C(=O)CN(c1ccccc1)S(=O)(=O)c1ccc(C)cc1. The summed E-state index contributed by atoms with van der Waals surface area (Å²) in [7, 11) is -2.61. The third-order valence-corrected chi connectivity index (χ3v) is 8.71. The Balaban J connectivity index is 1.77. The van der Waals surface area contributed by atoms with Gasteiger partial charge in [0, 0.05) is 25.0 Å². The van der Waals surface area contributed by atoms with E-state index in [-0.39, 0.29) is 23.8 Å². The Bertz CT molecular complexity index is 1580. The highest BCUT2D eigenvalue weighted by Gasteiger charge is 2.34. The summed E-state index contributed by atoms with van der Waals surface area (Å²) in [5, 5.41) is 3.16. The van der Waals surface area contributed by atoms with E-state index in [0.29, 0.717) is 16.3 Å². The summed E-state index contributed by atoms with van der Waals surface area (Å²) < 4.78 is 28.9. The molecule has 4 aromatic carbocycles. The van der Waals surface area contributed by atoms with Gasteiger partial charge in [0.1, 0.15) is 12.6 Å². The molecule has 0 radical (unpaired) electrons. The Morgan fingerprint density at radius 1 is 0.829 bits per heavy atom. The number of likely N-dealkylation sites (N-methyl/N-ethyl adjacent to an activating group) is 1. The van der Waals surface area contributed by atoms with Crippen molar-refractivity contribution in [3.8, 4) is 0 Å². The van der Waals surface area contributed by atoms with Crippen molar-refractivity contribution in [3.05, 3.63) is 131 Å². The molecule has 0 aliphatic carbocycles. The maximum atomic E-state index is 14.2. The van der Waals surface area contributed by atoms with Gasteiger partial charge < -0.3 is 10.2 Å². The number of benzene rings is 4. The fraction of sp³-hybridized carbons (Fsp3) is 0.188.